The summed E-state index contributed by atoms with van der Waals surface area (Å²) in [7, 11) is 1.84. The van der Waals surface area contributed by atoms with E-state index in [9.17, 15) is 9.18 Å². The molecular weight excluding hydrogens is 195 g/mol. The number of carbonyl (C=O) groups is 1. The average Bonchev–Trinajstić information content (AvgIpc) is 2.26. The van der Waals surface area contributed by atoms with Crippen LogP contribution in [0.1, 0.15) is 22.5 Å². The third kappa shape index (κ3) is 3.49. The van der Waals surface area contributed by atoms with Crippen LogP contribution in [0.5, 0.6) is 0 Å². The molecule has 0 amide bonds. The summed E-state index contributed by atoms with van der Waals surface area (Å²) in [4.78, 5) is 14.2. The van der Waals surface area contributed by atoms with Gasteiger partial charge in [-0.25, -0.2) is 9.37 Å². The summed E-state index contributed by atoms with van der Waals surface area (Å²) in [5.41, 5.74) is 0.400. The molecule has 0 atom stereocenters. The van der Waals surface area contributed by atoms with Crippen molar-refractivity contribution in [3.63, 3.8) is 0 Å². The molecule has 0 aromatic carbocycles. The van der Waals surface area contributed by atoms with Gasteiger partial charge in [0.2, 0.25) is 0 Å². The third-order valence-corrected chi connectivity index (χ3v) is 1.73. The lowest BCUT2D eigenvalue weighted by molar-refractivity contribution is 0.111. The molecule has 0 fully saturated rings. The Balaban J connectivity index is 2.76. The molecule has 0 aliphatic carbocycles. The summed E-state index contributed by atoms with van der Waals surface area (Å²) in [5.74, 6) is 5.00. The van der Waals surface area contributed by atoms with E-state index in [1.165, 1.54) is 6.07 Å². The minimum Gasteiger partial charge on any atom is -0.319 e. The summed E-state index contributed by atoms with van der Waals surface area (Å²) in [6.45, 7) is 0.786. The van der Waals surface area contributed by atoms with Crippen LogP contribution in [0.25, 0.3) is 0 Å². The average molecular weight is 206 g/mol. The van der Waals surface area contributed by atoms with Crippen molar-refractivity contribution in [2.45, 2.75) is 6.42 Å². The summed E-state index contributed by atoms with van der Waals surface area (Å²) < 4.78 is 12.9. The van der Waals surface area contributed by atoms with E-state index in [1.54, 1.807) is 0 Å². The van der Waals surface area contributed by atoms with E-state index >= 15 is 0 Å². The van der Waals surface area contributed by atoms with Gasteiger partial charge in [0.15, 0.2) is 12.1 Å². The second-order valence-corrected chi connectivity index (χ2v) is 2.86. The lowest BCUT2D eigenvalue weighted by atomic mass is 10.2. The van der Waals surface area contributed by atoms with Gasteiger partial charge >= 0.3 is 0 Å². The Hall–Kier alpha value is -1.73. The van der Waals surface area contributed by atoms with Crippen LogP contribution in [0.3, 0.4) is 0 Å². The lowest BCUT2D eigenvalue weighted by Crippen LogP contribution is -2.05. The van der Waals surface area contributed by atoms with Gasteiger partial charge in [-0.3, -0.25) is 4.79 Å². The van der Waals surface area contributed by atoms with Crippen LogP contribution in [0.15, 0.2) is 12.3 Å². The molecule has 1 aromatic rings. The van der Waals surface area contributed by atoms with Gasteiger partial charge in [0.25, 0.3) is 0 Å². The molecule has 0 saturated carbocycles. The summed E-state index contributed by atoms with van der Waals surface area (Å²) in [5, 5.41) is 2.95. The first-order valence-electron chi connectivity index (χ1n) is 4.52. The number of hydrogen-bond acceptors (Lipinski definition) is 3. The SMILES string of the molecule is CNCCC#Cc1cc(C=O)c(F)cn1. The van der Waals surface area contributed by atoms with E-state index in [-0.39, 0.29) is 5.56 Å². The van der Waals surface area contributed by atoms with E-state index < -0.39 is 5.82 Å². The molecule has 0 radical (unpaired) electrons. The molecule has 4 heteroatoms. The molecule has 1 N–H and O–H groups in total. The number of aromatic nitrogens is 1. The molecule has 1 rings (SSSR count). The van der Waals surface area contributed by atoms with Crippen molar-refractivity contribution in [2.24, 2.45) is 0 Å². The Morgan fingerprint density at radius 1 is 1.67 bits per heavy atom. The highest BCUT2D eigenvalue weighted by atomic mass is 19.1. The highest BCUT2D eigenvalue weighted by Crippen LogP contribution is 2.04. The van der Waals surface area contributed by atoms with Crippen LogP contribution < -0.4 is 5.32 Å². The maximum Gasteiger partial charge on any atom is 0.153 e. The Bertz CT molecular complexity index is 407. The maximum atomic E-state index is 12.9. The number of pyridine rings is 1. The monoisotopic (exact) mass is 206 g/mol. The van der Waals surface area contributed by atoms with Gasteiger partial charge in [-0.1, -0.05) is 5.92 Å². The summed E-state index contributed by atoms with van der Waals surface area (Å²) in [6, 6.07) is 1.34. The van der Waals surface area contributed by atoms with Crippen LogP contribution >= 0.6 is 0 Å². The Morgan fingerprint density at radius 2 is 2.47 bits per heavy atom. The molecule has 1 aromatic heterocycles. The van der Waals surface area contributed by atoms with E-state index in [0.717, 1.165) is 12.7 Å². The Kier molecular flexibility index (Phi) is 4.45. The highest BCUT2D eigenvalue weighted by Gasteiger charge is 2.01. The van der Waals surface area contributed by atoms with Gasteiger partial charge < -0.3 is 5.32 Å². The lowest BCUT2D eigenvalue weighted by Gasteiger charge is -1.94. The summed E-state index contributed by atoms with van der Waals surface area (Å²) >= 11 is 0. The molecule has 3 nitrogen and oxygen atoms in total. The molecule has 0 aliphatic heterocycles. The molecular formula is C11H11FN2O. The quantitative estimate of drug-likeness (QED) is 0.455. The Morgan fingerprint density at radius 3 is 3.13 bits per heavy atom. The van der Waals surface area contributed by atoms with E-state index in [1.807, 2.05) is 7.05 Å². The van der Waals surface area contributed by atoms with Crippen molar-refractivity contribution < 1.29 is 9.18 Å². The predicted molar refractivity (Wildman–Crippen MR) is 55.0 cm³/mol. The predicted octanol–water partition coefficient (Wildman–Crippen LogP) is 0.994. The number of halogens is 1. The number of aldehydes is 1. The minimum absolute atomic E-state index is 0.0112. The molecule has 0 spiro atoms. The first-order valence-corrected chi connectivity index (χ1v) is 4.52. The molecule has 15 heavy (non-hydrogen) atoms. The second kappa shape index (κ2) is 5.89. The van der Waals surface area contributed by atoms with Gasteiger partial charge in [0, 0.05) is 13.0 Å². The highest BCUT2D eigenvalue weighted by molar-refractivity contribution is 5.75. The van der Waals surface area contributed by atoms with Crippen molar-refractivity contribution in [3.05, 3.63) is 29.3 Å². The van der Waals surface area contributed by atoms with E-state index in [0.29, 0.717) is 18.4 Å². The third-order valence-electron chi connectivity index (χ3n) is 1.73. The van der Waals surface area contributed by atoms with Crippen molar-refractivity contribution in [1.29, 1.82) is 0 Å². The van der Waals surface area contributed by atoms with Crippen molar-refractivity contribution in [1.82, 2.24) is 10.3 Å². The second-order valence-electron chi connectivity index (χ2n) is 2.86. The van der Waals surface area contributed by atoms with Gasteiger partial charge in [-0.05, 0) is 19.0 Å². The normalized spacial score (nSPS) is 9.20. The first-order chi connectivity index (χ1) is 7.27. The van der Waals surface area contributed by atoms with Gasteiger partial charge in [-0.15, -0.1) is 0 Å². The zero-order valence-corrected chi connectivity index (χ0v) is 8.38. The largest absolute Gasteiger partial charge is 0.319 e. The first kappa shape index (κ1) is 11.3. The van der Waals surface area contributed by atoms with Crippen molar-refractivity contribution >= 4 is 6.29 Å². The maximum absolute atomic E-state index is 12.9. The topological polar surface area (TPSA) is 42.0 Å². The molecule has 1 heterocycles. The van der Waals surface area contributed by atoms with Crippen LogP contribution in [0.2, 0.25) is 0 Å². The fraction of sp³-hybridized carbons (Fsp3) is 0.273. The number of rotatable bonds is 3. The van der Waals surface area contributed by atoms with E-state index in [4.69, 9.17) is 0 Å². The molecule has 78 valence electrons. The van der Waals surface area contributed by atoms with Crippen LogP contribution in [-0.4, -0.2) is 24.9 Å². The number of nitrogens with zero attached hydrogens (tertiary/aromatic N) is 1. The molecule has 0 unspecified atom stereocenters. The number of hydrogen-bond donors (Lipinski definition) is 1. The molecule has 0 saturated heterocycles. The van der Waals surface area contributed by atoms with Crippen molar-refractivity contribution in [2.75, 3.05) is 13.6 Å². The Labute approximate surface area is 87.7 Å². The minimum atomic E-state index is -0.620. The van der Waals surface area contributed by atoms with Crippen LogP contribution in [0, 0.1) is 17.7 Å². The molecule has 0 bridgehead atoms. The zero-order chi connectivity index (χ0) is 11.1. The van der Waals surface area contributed by atoms with Gasteiger partial charge in [0.05, 0.1) is 11.8 Å². The van der Waals surface area contributed by atoms with Crippen LogP contribution in [0.4, 0.5) is 4.39 Å². The number of nitrogens with one attached hydrogen (secondary N) is 1. The van der Waals surface area contributed by atoms with Gasteiger partial charge in [-0.2, -0.15) is 0 Å². The molecule has 0 aliphatic rings. The van der Waals surface area contributed by atoms with Crippen molar-refractivity contribution in [3.8, 4) is 11.8 Å². The standard InChI is InChI=1S/C11H11FN2O/c1-13-5-3-2-4-10-6-9(8-15)11(12)7-14-10/h6-8,13H,3,5H2,1H3. The fourth-order valence-electron chi connectivity index (χ4n) is 0.953. The smallest absolute Gasteiger partial charge is 0.153 e. The van der Waals surface area contributed by atoms with Gasteiger partial charge in [0.1, 0.15) is 5.69 Å². The zero-order valence-electron chi connectivity index (χ0n) is 8.38. The van der Waals surface area contributed by atoms with E-state index in [2.05, 4.69) is 22.1 Å². The van der Waals surface area contributed by atoms with Crippen LogP contribution in [-0.2, 0) is 0 Å². The fourth-order valence-corrected chi connectivity index (χ4v) is 0.953. The number of carbonyl (C=O) groups excluding carboxylic acids is 1. The summed E-state index contributed by atoms with van der Waals surface area (Å²) in [6.07, 6.45) is 2.15.